The van der Waals surface area contributed by atoms with Crippen molar-refractivity contribution in [3.8, 4) is 5.75 Å². The minimum atomic E-state index is -0.711. The van der Waals surface area contributed by atoms with Crippen molar-refractivity contribution in [3.63, 3.8) is 0 Å². The van der Waals surface area contributed by atoms with Crippen LogP contribution in [0, 0.1) is 0 Å². The highest BCUT2D eigenvalue weighted by atomic mass is 16.3. The zero-order valence-electron chi connectivity index (χ0n) is 7.57. The van der Waals surface area contributed by atoms with E-state index in [4.69, 9.17) is 5.73 Å². The van der Waals surface area contributed by atoms with Crippen LogP contribution >= 0.6 is 0 Å². The molecule has 0 heterocycles. The predicted octanol–water partition coefficient (Wildman–Crippen LogP) is 0.449. The van der Waals surface area contributed by atoms with E-state index in [1.165, 1.54) is 25.1 Å². The third kappa shape index (κ3) is 2.22. The Morgan fingerprint density at radius 3 is 2.50 bits per heavy atom. The third-order valence-corrected chi connectivity index (χ3v) is 1.58. The minimum Gasteiger partial charge on any atom is -0.507 e. The van der Waals surface area contributed by atoms with Crippen molar-refractivity contribution >= 4 is 17.5 Å². The van der Waals surface area contributed by atoms with Crippen LogP contribution in [-0.2, 0) is 4.79 Å². The van der Waals surface area contributed by atoms with E-state index < -0.39 is 5.91 Å². The molecule has 0 aromatic heterocycles. The zero-order valence-corrected chi connectivity index (χ0v) is 7.57. The lowest BCUT2D eigenvalue weighted by Crippen LogP contribution is -2.11. The summed E-state index contributed by atoms with van der Waals surface area (Å²) in [6.45, 7) is 1.35. The van der Waals surface area contributed by atoms with E-state index in [9.17, 15) is 14.7 Å². The van der Waals surface area contributed by atoms with Crippen molar-refractivity contribution in [1.29, 1.82) is 0 Å². The summed E-state index contributed by atoms with van der Waals surface area (Å²) in [6, 6.07) is 4.10. The van der Waals surface area contributed by atoms with Crippen LogP contribution < -0.4 is 11.1 Å². The molecule has 0 aliphatic heterocycles. The molecule has 4 N–H and O–H groups in total. The molecule has 0 radical (unpaired) electrons. The average molecular weight is 194 g/mol. The van der Waals surface area contributed by atoms with Gasteiger partial charge in [0, 0.05) is 18.7 Å². The van der Waals surface area contributed by atoms with Crippen LogP contribution in [0.5, 0.6) is 5.75 Å². The first-order chi connectivity index (χ1) is 6.50. The molecule has 0 fully saturated rings. The normalized spacial score (nSPS) is 9.50. The molecule has 0 bridgehead atoms. The van der Waals surface area contributed by atoms with E-state index in [-0.39, 0.29) is 17.2 Å². The van der Waals surface area contributed by atoms with Crippen molar-refractivity contribution in [1.82, 2.24) is 0 Å². The highest BCUT2D eigenvalue weighted by Gasteiger charge is 2.07. The number of aromatic hydroxyl groups is 1. The summed E-state index contributed by atoms with van der Waals surface area (Å²) in [6.07, 6.45) is 0. The number of hydrogen-bond acceptors (Lipinski definition) is 3. The second kappa shape index (κ2) is 3.78. The Morgan fingerprint density at radius 1 is 1.43 bits per heavy atom. The molecule has 5 nitrogen and oxygen atoms in total. The summed E-state index contributed by atoms with van der Waals surface area (Å²) in [4.78, 5) is 21.4. The van der Waals surface area contributed by atoms with Gasteiger partial charge < -0.3 is 16.2 Å². The van der Waals surface area contributed by atoms with Crippen molar-refractivity contribution in [2.75, 3.05) is 5.32 Å². The molecule has 74 valence electrons. The fraction of sp³-hybridized carbons (Fsp3) is 0.111. The lowest BCUT2D eigenvalue weighted by Gasteiger charge is -2.04. The van der Waals surface area contributed by atoms with Gasteiger partial charge in [-0.25, -0.2) is 0 Å². The maximum Gasteiger partial charge on any atom is 0.252 e. The Kier molecular flexibility index (Phi) is 2.71. The number of nitrogens with one attached hydrogen (secondary N) is 1. The molecule has 2 amide bonds. The number of anilines is 1. The number of nitrogens with two attached hydrogens (primary N) is 1. The van der Waals surface area contributed by atoms with Gasteiger partial charge in [0.05, 0.1) is 5.56 Å². The molecule has 0 aliphatic carbocycles. The van der Waals surface area contributed by atoms with Crippen LogP contribution in [0.3, 0.4) is 0 Å². The van der Waals surface area contributed by atoms with Crippen LogP contribution in [0.1, 0.15) is 17.3 Å². The van der Waals surface area contributed by atoms with E-state index in [0.717, 1.165) is 0 Å². The molecule has 5 heteroatoms. The number of benzene rings is 1. The van der Waals surface area contributed by atoms with Gasteiger partial charge in [-0.3, -0.25) is 9.59 Å². The Morgan fingerprint density at radius 2 is 2.07 bits per heavy atom. The summed E-state index contributed by atoms with van der Waals surface area (Å²) < 4.78 is 0. The number of rotatable bonds is 2. The predicted molar refractivity (Wildman–Crippen MR) is 50.9 cm³/mol. The second-order valence-electron chi connectivity index (χ2n) is 2.78. The summed E-state index contributed by atoms with van der Waals surface area (Å²) in [7, 11) is 0. The van der Waals surface area contributed by atoms with Crippen molar-refractivity contribution < 1.29 is 14.7 Å². The largest absolute Gasteiger partial charge is 0.507 e. The third-order valence-electron chi connectivity index (χ3n) is 1.58. The number of primary amides is 1. The van der Waals surface area contributed by atoms with Crippen LogP contribution in [0.25, 0.3) is 0 Å². The summed E-state index contributed by atoms with van der Waals surface area (Å²) in [5.74, 6) is -1.21. The smallest absolute Gasteiger partial charge is 0.252 e. The zero-order chi connectivity index (χ0) is 10.7. The number of amides is 2. The Labute approximate surface area is 80.5 Å². The minimum absolute atomic E-state index is 0.0269. The van der Waals surface area contributed by atoms with Crippen LogP contribution in [0.4, 0.5) is 5.69 Å². The molecule has 0 saturated heterocycles. The standard InChI is InChI=1S/C9H10N2O3/c1-5(12)11-6-2-3-7(9(10)14)8(13)4-6/h2-4,13H,1H3,(H2,10,14)(H,11,12). The van der Waals surface area contributed by atoms with Crippen molar-refractivity contribution in [2.24, 2.45) is 5.73 Å². The molecule has 0 atom stereocenters. The van der Waals surface area contributed by atoms with Crippen LogP contribution in [0.2, 0.25) is 0 Å². The number of carbonyl (C=O) groups is 2. The quantitative estimate of drug-likeness (QED) is 0.638. The first kappa shape index (κ1) is 10.0. The van der Waals surface area contributed by atoms with Crippen molar-refractivity contribution in [3.05, 3.63) is 23.8 Å². The lowest BCUT2D eigenvalue weighted by molar-refractivity contribution is -0.114. The molecule has 0 unspecified atom stereocenters. The number of carbonyl (C=O) groups excluding carboxylic acids is 2. The van der Waals surface area contributed by atoms with Gasteiger partial charge in [-0.05, 0) is 12.1 Å². The first-order valence-electron chi connectivity index (χ1n) is 3.91. The van der Waals surface area contributed by atoms with Crippen LogP contribution in [0.15, 0.2) is 18.2 Å². The van der Waals surface area contributed by atoms with Gasteiger partial charge in [-0.2, -0.15) is 0 Å². The molecule has 0 spiro atoms. The first-order valence-corrected chi connectivity index (χ1v) is 3.91. The maximum atomic E-state index is 10.7. The van der Waals surface area contributed by atoms with Gasteiger partial charge in [0.15, 0.2) is 0 Å². The van der Waals surface area contributed by atoms with Crippen LogP contribution in [-0.4, -0.2) is 16.9 Å². The van der Waals surface area contributed by atoms with E-state index in [2.05, 4.69) is 5.32 Å². The van der Waals surface area contributed by atoms with Crippen molar-refractivity contribution in [2.45, 2.75) is 6.92 Å². The summed E-state index contributed by atoms with van der Waals surface area (Å²) in [5, 5.41) is 11.8. The lowest BCUT2D eigenvalue weighted by atomic mass is 10.1. The summed E-state index contributed by atoms with van der Waals surface area (Å²) >= 11 is 0. The number of hydrogen-bond donors (Lipinski definition) is 3. The average Bonchev–Trinajstić information content (AvgIpc) is 2.01. The SMILES string of the molecule is CC(=O)Nc1ccc(C(N)=O)c(O)c1. The van der Waals surface area contributed by atoms with Gasteiger partial charge in [0.25, 0.3) is 5.91 Å². The molecule has 1 aromatic carbocycles. The van der Waals surface area contributed by atoms with E-state index >= 15 is 0 Å². The fourth-order valence-corrected chi connectivity index (χ4v) is 1.02. The van der Waals surface area contributed by atoms with E-state index in [0.29, 0.717) is 5.69 Å². The molecule has 1 aromatic rings. The monoisotopic (exact) mass is 194 g/mol. The van der Waals surface area contributed by atoms with E-state index in [1.807, 2.05) is 0 Å². The molecular weight excluding hydrogens is 184 g/mol. The fourth-order valence-electron chi connectivity index (χ4n) is 1.02. The molecule has 14 heavy (non-hydrogen) atoms. The summed E-state index contributed by atoms with van der Waals surface area (Å²) in [5.41, 5.74) is 5.42. The molecule has 1 rings (SSSR count). The second-order valence-corrected chi connectivity index (χ2v) is 2.78. The van der Waals surface area contributed by atoms with Gasteiger partial charge in [0.1, 0.15) is 5.75 Å². The van der Waals surface area contributed by atoms with Gasteiger partial charge in [-0.1, -0.05) is 0 Å². The van der Waals surface area contributed by atoms with E-state index in [1.54, 1.807) is 0 Å². The Hall–Kier alpha value is -2.04. The van der Waals surface area contributed by atoms with Gasteiger partial charge in [-0.15, -0.1) is 0 Å². The highest BCUT2D eigenvalue weighted by molar-refractivity contribution is 5.97. The Balaban J connectivity index is 3.00. The number of phenols is 1. The molecular formula is C9H10N2O3. The highest BCUT2D eigenvalue weighted by Crippen LogP contribution is 2.21. The molecule has 0 aliphatic rings. The van der Waals surface area contributed by atoms with Gasteiger partial charge in [0.2, 0.25) is 5.91 Å². The maximum absolute atomic E-state index is 10.7. The van der Waals surface area contributed by atoms with Gasteiger partial charge >= 0.3 is 0 Å². The molecule has 0 saturated carbocycles. The topological polar surface area (TPSA) is 92.4 Å². The Bertz CT molecular complexity index is 388.